The van der Waals surface area contributed by atoms with Crippen molar-refractivity contribution in [3.05, 3.63) is 78.6 Å². The number of carbonyl (C=O) groups is 5. The molecule has 0 radical (unpaired) electrons. The van der Waals surface area contributed by atoms with Crippen LogP contribution >= 0.6 is 0 Å². The molecule has 0 spiro atoms. The summed E-state index contributed by atoms with van der Waals surface area (Å²) in [5.74, 6) is -3.28. The van der Waals surface area contributed by atoms with Crippen molar-refractivity contribution in [2.75, 3.05) is 36.3 Å². The number of hydrogen-bond acceptors (Lipinski definition) is 9. The number of piperidine rings is 1. The predicted molar refractivity (Wildman–Crippen MR) is 189 cm³/mol. The van der Waals surface area contributed by atoms with Crippen molar-refractivity contribution in [3.63, 3.8) is 0 Å². The van der Waals surface area contributed by atoms with Crippen molar-refractivity contribution in [2.45, 2.75) is 50.4 Å². The number of carbonyl (C=O) groups excluding carboxylic acids is 5. The average Bonchev–Trinajstić information content (AvgIpc) is 3.37. The van der Waals surface area contributed by atoms with Crippen molar-refractivity contribution in [1.82, 2.24) is 25.2 Å². The molecule has 3 aromatic rings. The fraction of sp³-hybridized carbons (Fsp3) is 0.343. The molecule has 52 heavy (non-hydrogen) atoms. The van der Waals surface area contributed by atoms with Crippen LogP contribution in [0.1, 0.15) is 31.7 Å². The Hall–Kier alpha value is -5.55. The molecule has 3 atom stereocenters. The Labute approximate surface area is 299 Å². The standard InChI is InChI=1S/C35H38FN7O8S/c1-4-35(2,43(34(48)37-3)25-12-13-28(44)39-33(25)47)27-14-15-41(27)18-29(45)38-23-10-11-24-22(16-23)17-26(51-20-21-8-6-5-7-9-21)32(31(24)36)42-19-30(46)40-52(42,49)50/h4-11,16-17,25,27H,1,12-15,18-20H2,2-3H3,(H,37,48)(H,38,45)(H,40,46)(H,39,44,47)/t25?,27-,35?/m0/s1. The minimum absolute atomic E-state index is 0.0218. The molecule has 0 bridgehead atoms. The zero-order valence-electron chi connectivity index (χ0n) is 28.5. The Bertz CT molecular complexity index is 2080. The number of likely N-dealkylation sites (tertiary alicyclic amines) is 1. The molecule has 6 rings (SSSR count). The van der Waals surface area contributed by atoms with Crippen LogP contribution in [0.4, 0.5) is 20.6 Å². The van der Waals surface area contributed by atoms with Crippen LogP contribution < -0.4 is 29.7 Å². The van der Waals surface area contributed by atoms with E-state index in [1.807, 2.05) is 15.7 Å². The topological polar surface area (TPSA) is 187 Å². The fourth-order valence-electron chi connectivity index (χ4n) is 6.95. The molecule has 0 saturated carbocycles. The van der Waals surface area contributed by atoms with E-state index in [0.29, 0.717) is 28.3 Å². The van der Waals surface area contributed by atoms with Crippen molar-refractivity contribution in [2.24, 2.45) is 0 Å². The smallest absolute Gasteiger partial charge is 0.326 e. The number of fused-ring (bicyclic) bond motifs is 1. The zero-order chi connectivity index (χ0) is 37.4. The minimum Gasteiger partial charge on any atom is -0.487 e. The van der Waals surface area contributed by atoms with Crippen molar-refractivity contribution in [1.29, 1.82) is 0 Å². The van der Waals surface area contributed by atoms with Gasteiger partial charge in [-0.3, -0.25) is 29.4 Å². The number of halogens is 1. The molecule has 3 aromatic carbocycles. The lowest BCUT2D eigenvalue weighted by atomic mass is 9.80. The van der Waals surface area contributed by atoms with Gasteiger partial charge in [0.05, 0.1) is 12.1 Å². The molecule has 0 aliphatic carbocycles. The summed E-state index contributed by atoms with van der Waals surface area (Å²) in [5.41, 5.74) is -0.460. The predicted octanol–water partition coefficient (Wildman–Crippen LogP) is 2.14. The molecule has 4 N–H and O–H groups in total. The number of hydrogen-bond donors (Lipinski definition) is 4. The third-order valence-corrected chi connectivity index (χ3v) is 11.0. The number of nitrogens with one attached hydrogen (secondary N) is 4. The lowest BCUT2D eigenvalue weighted by Crippen LogP contribution is -2.72. The summed E-state index contributed by atoms with van der Waals surface area (Å²) in [4.78, 5) is 66.5. The number of rotatable bonds is 11. The summed E-state index contributed by atoms with van der Waals surface area (Å²) in [7, 11) is -2.93. The molecule has 3 saturated heterocycles. The van der Waals surface area contributed by atoms with E-state index < -0.39 is 75.5 Å². The summed E-state index contributed by atoms with van der Waals surface area (Å²) in [5, 5.41) is 8.03. The first-order valence-electron chi connectivity index (χ1n) is 16.5. The molecule has 15 nitrogen and oxygen atoms in total. The molecule has 0 aromatic heterocycles. The van der Waals surface area contributed by atoms with E-state index in [1.165, 1.54) is 36.2 Å². The first-order valence-corrected chi connectivity index (χ1v) is 18.0. The van der Waals surface area contributed by atoms with Gasteiger partial charge in [-0.05, 0) is 55.0 Å². The highest BCUT2D eigenvalue weighted by Gasteiger charge is 2.51. The number of imide groups is 1. The van der Waals surface area contributed by atoms with Crippen LogP contribution in [0, 0.1) is 5.82 Å². The van der Waals surface area contributed by atoms with Gasteiger partial charge in [0.25, 0.3) is 5.91 Å². The highest BCUT2D eigenvalue weighted by atomic mass is 32.2. The van der Waals surface area contributed by atoms with Gasteiger partial charge in [-0.1, -0.05) is 36.4 Å². The molecule has 274 valence electrons. The van der Waals surface area contributed by atoms with Gasteiger partial charge in [-0.15, -0.1) is 6.58 Å². The zero-order valence-corrected chi connectivity index (χ0v) is 29.3. The lowest BCUT2D eigenvalue weighted by Gasteiger charge is -2.55. The Morgan fingerprint density at radius 1 is 1.12 bits per heavy atom. The molecule has 3 heterocycles. The van der Waals surface area contributed by atoms with Gasteiger partial charge in [0.15, 0.2) is 5.82 Å². The van der Waals surface area contributed by atoms with Crippen LogP contribution in [0.15, 0.2) is 67.3 Å². The SMILES string of the molecule is C=CC(C)([C@@H]1CCN1CC(=O)Nc1ccc2c(F)c(N3CC(=O)NS3(=O)=O)c(OCc3ccccc3)cc2c1)N(C(=O)NC)C1CCC(=O)NC1=O. The second-order valence-electron chi connectivity index (χ2n) is 12.9. The maximum atomic E-state index is 16.2. The van der Waals surface area contributed by atoms with Crippen molar-refractivity contribution < 1.29 is 41.5 Å². The second-order valence-corrected chi connectivity index (χ2v) is 14.5. The minimum atomic E-state index is -4.37. The monoisotopic (exact) mass is 735 g/mol. The molecule has 2 unspecified atom stereocenters. The summed E-state index contributed by atoms with van der Waals surface area (Å²) in [6.45, 7) is 5.50. The van der Waals surface area contributed by atoms with E-state index in [9.17, 15) is 32.4 Å². The largest absolute Gasteiger partial charge is 0.487 e. The van der Waals surface area contributed by atoms with Gasteiger partial charge in [0.2, 0.25) is 17.7 Å². The van der Waals surface area contributed by atoms with Crippen LogP contribution in [-0.4, -0.2) is 92.2 Å². The molecule has 6 amide bonds. The van der Waals surface area contributed by atoms with Gasteiger partial charge in [0, 0.05) is 37.1 Å². The Morgan fingerprint density at radius 3 is 2.48 bits per heavy atom. The van der Waals surface area contributed by atoms with Gasteiger partial charge >= 0.3 is 16.2 Å². The van der Waals surface area contributed by atoms with Gasteiger partial charge < -0.3 is 20.3 Å². The first-order chi connectivity index (χ1) is 24.7. The molecular weight excluding hydrogens is 697 g/mol. The normalized spacial score (nSPS) is 21.0. The van der Waals surface area contributed by atoms with E-state index in [4.69, 9.17) is 4.74 Å². The summed E-state index contributed by atoms with van der Waals surface area (Å²) in [6.07, 6.45) is 2.37. The highest BCUT2D eigenvalue weighted by molar-refractivity contribution is 7.92. The van der Waals surface area contributed by atoms with Crippen molar-refractivity contribution >= 4 is 62.0 Å². The summed E-state index contributed by atoms with van der Waals surface area (Å²) >= 11 is 0. The molecular formula is C35H38FN7O8S. The van der Waals surface area contributed by atoms with Gasteiger partial charge in [-0.25, -0.2) is 18.2 Å². The Morgan fingerprint density at radius 2 is 1.87 bits per heavy atom. The van der Waals surface area contributed by atoms with Crippen LogP contribution in [0.5, 0.6) is 5.75 Å². The number of nitrogens with zero attached hydrogens (tertiary/aromatic N) is 3. The van der Waals surface area contributed by atoms with E-state index in [2.05, 4.69) is 22.5 Å². The quantitative estimate of drug-likeness (QED) is 0.169. The van der Waals surface area contributed by atoms with Gasteiger partial charge in [0.1, 0.15) is 30.6 Å². The van der Waals surface area contributed by atoms with Crippen LogP contribution in [0.2, 0.25) is 0 Å². The number of ether oxygens (including phenoxy) is 1. The maximum Gasteiger partial charge on any atom is 0.326 e. The number of anilines is 2. The summed E-state index contributed by atoms with van der Waals surface area (Å²) in [6, 6.07) is 13.0. The fourth-order valence-corrected chi connectivity index (χ4v) is 8.11. The Kier molecular flexibility index (Phi) is 9.92. The third-order valence-electron chi connectivity index (χ3n) is 9.65. The third kappa shape index (κ3) is 6.88. The molecule has 3 aliphatic rings. The first kappa shape index (κ1) is 36.2. The highest BCUT2D eigenvalue weighted by Crippen LogP contribution is 2.41. The number of benzene rings is 3. The molecule has 3 fully saturated rings. The Balaban J connectivity index is 1.23. The van der Waals surface area contributed by atoms with E-state index >= 15 is 4.39 Å². The van der Waals surface area contributed by atoms with E-state index in [-0.39, 0.29) is 37.1 Å². The average molecular weight is 736 g/mol. The molecule has 3 aliphatic heterocycles. The lowest BCUT2D eigenvalue weighted by molar-refractivity contribution is -0.140. The van der Waals surface area contributed by atoms with E-state index in [1.54, 1.807) is 37.3 Å². The summed E-state index contributed by atoms with van der Waals surface area (Å²) < 4.78 is 50.1. The second kappa shape index (κ2) is 14.2. The maximum absolute atomic E-state index is 16.2. The number of urea groups is 1. The van der Waals surface area contributed by atoms with Crippen LogP contribution in [0.3, 0.4) is 0 Å². The van der Waals surface area contributed by atoms with Crippen LogP contribution in [0.25, 0.3) is 10.8 Å². The van der Waals surface area contributed by atoms with Crippen LogP contribution in [-0.2, 0) is 36.0 Å². The number of amides is 6. The molecule has 17 heteroatoms. The van der Waals surface area contributed by atoms with Gasteiger partial charge in [-0.2, -0.15) is 8.42 Å². The van der Waals surface area contributed by atoms with E-state index in [0.717, 1.165) is 5.56 Å². The van der Waals surface area contributed by atoms with Crippen molar-refractivity contribution in [3.8, 4) is 5.75 Å².